The number of benzene rings is 3. The summed E-state index contributed by atoms with van der Waals surface area (Å²) in [6.45, 7) is 7.95. The molecule has 0 bridgehead atoms. The molecule has 0 saturated carbocycles. The third kappa shape index (κ3) is 7.59. The number of rotatable bonds is 11. The van der Waals surface area contributed by atoms with Crippen molar-refractivity contribution in [1.82, 2.24) is 10.2 Å². The molecule has 0 aliphatic heterocycles. The van der Waals surface area contributed by atoms with Gasteiger partial charge in [0.25, 0.3) is 5.91 Å². The Hall–Kier alpha value is -3.31. The van der Waals surface area contributed by atoms with E-state index in [-0.39, 0.29) is 31.0 Å². The predicted octanol–water partition coefficient (Wildman–Crippen LogP) is 5.89. The first-order chi connectivity index (χ1) is 17.3. The summed E-state index contributed by atoms with van der Waals surface area (Å²) in [5.74, 6) is 0.172. The Morgan fingerprint density at radius 2 is 1.69 bits per heavy atom. The second kappa shape index (κ2) is 13.1. The lowest BCUT2D eigenvalue weighted by Crippen LogP contribution is -2.53. The van der Waals surface area contributed by atoms with E-state index in [9.17, 15) is 9.59 Å². The predicted molar refractivity (Wildman–Crippen MR) is 145 cm³/mol. The summed E-state index contributed by atoms with van der Waals surface area (Å²) in [4.78, 5) is 28.8. The average molecular weight is 507 g/mol. The minimum absolute atomic E-state index is 0.0144. The first-order valence-corrected chi connectivity index (χ1v) is 12.7. The van der Waals surface area contributed by atoms with Gasteiger partial charge in [-0.2, -0.15) is 0 Å². The standard InChI is InChI=1S/C30H35ClN2O3/c1-5-23(4)32-30(35)27(18-24-11-7-6-8-12-24)33(19-25-13-9-10-14-26(25)31)29(34)20-36-28-16-15-21(2)17-22(28)3/h6-17,23,27H,5,18-20H2,1-4H3,(H,32,35)/t23-,27+/m1/s1. The van der Waals surface area contributed by atoms with Crippen molar-refractivity contribution in [2.75, 3.05) is 6.61 Å². The van der Waals surface area contributed by atoms with Crippen molar-refractivity contribution in [1.29, 1.82) is 0 Å². The number of nitrogens with one attached hydrogen (secondary N) is 1. The van der Waals surface area contributed by atoms with Crippen molar-refractivity contribution >= 4 is 23.4 Å². The summed E-state index contributed by atoms with van der Waals surface area (Å²) < 4.78 is 5.93. The first kappa shape index (κ1) is 27.3. The topological polar surface area (TPSA) is 58.6 Å². The van der Waals surface area contributed by atoms with Crippen LogP contribution in [-0.2, 0) is 22.6 Å². The first-order valence-electron chi connectivity index (χ1n) is 12.4. The second-order valence-electron chi connectivity index (χ2n) is 9.19. The monoisotopic (exact) mass is 506 g/mol. The van der Waals surface area contributed by atoms with Crippen LogP contribution in [0, 0.1) is 13.8 Å². The van der Waals surface area contributed by atoms with Gasteiger partial charge in [0.15, 0.2) is 6.61 Å². The van der Waals surface area contributed by atoms with Crippen molar-refractivity contribution in [3.05, 3.63) is 100 Å². The summed E-state index contributed by atoms with van der Waals surface area (Å²) in [7, 11) is 0. The van der Waals surface area contributed by atoms with Crippen LogP contribution in [0.1, 0.15) is 42.5 Å². The van der Waals surface area contributed by atoms with E-state index < -0.39 is 6.04 Å². The number of ether oxygens (including phenoxy) is 1. The van der Waals surface area contributed by atoms with E-state index in [1.165, 1.54) is 0 Å². The van der Waals surface area contributed by atoms with Gasteiger partial charge in [-0.15, -0.1) is 0 Å². The Morgan fingerprint density at radius 1 is 1.00 bits per heavy atom. The zero-order valence-corrected chi connectivity index (χ0v) is 22.2. The van der Waals surface area contributed by atoms with Crippen molar-refractivity contribution in [3.63, 3.8) is 0 Å². The molecule has 0 radical (unpaired) electrons. The molecule has 6 heteroatoms. The lowest BCUT2D eigenvalue weighted by Gasteiger charge is -2.32. The van der Waals surface area contributed by atoms with Gasteiger partial charge < -0.3 is 15.0 Å². The van der Waals surface area contributed by atoms with Crippen LogP contribution in [0.25, 0.3) is 0 Å². The number of halogens is 1. The van der Waals surface area contributed by atoms with Crippen molar-refractivity contribution < 1.29 is 14.3 Å². The third-order valence-electron chi connectivity index (χ3n) is 6.25. The fourth-order valence-electron chi connectivity index (χ4n) is 3.99. The van der Waals surface area contributed by atoms with E-state index in [1.807, 2.05) is 94.4 Å². The largest absolute Gasteiger partial charge is 0.483 e. The molecule has 0 aliphatic carbocycles. The number of hydrogen-bond acceptors (Lipinski definition) is 3. The molecule has 0 aliphatic rings. The molecule has 0 spiro atoms. The number of hydrogen-bond donors (Lipinski definition) is 1. The van der Waals surface area contributed by atoms with Gasteiger partial charge in [-0.05, 0) is 56.0 Å². The van der Waals surface area contributed by atoms with Crippen LogP contribution in [-0.4, -0.2) is 35.4 Å². The maximum absolute atomic E-state index is 13.7. The zero-order chi connectivity index (χ0) is 26.1. The van der Waals surface area contributed by atoms with Crippen LogP contribution in [0.2, 0.25) is 5.02 Å². The molecule has 0 unspecified atom stereocenters. The molecule has 0 saturated heterocycles. The quantitative estimate of drug-likeness (QED) is 0.352. The fraction of sp³-hybridized carbons (Fsp3) is 0.333. The van der Waals surface area contributed by atoms with Crippen LogP contribution in [0.15, 0.2) is 72.8 Å². The van der Waals surface area contributed by atoms with Gasteiger partial charge in [0, 0.05) is 24.0 Å². The summed E-state index contributed by atoms with van der Waals surface area (Å²) in [5.41, 5.74) is 3.81. The SMILES string of the molecule is CC[C@@H](C)NC(=O)[C@H](Cc1ccccc1)N(Cc1ccccc1Cl)C(=O)COc1ccc(C)cc1C. The summed E-state index contributed by atoms with van der Waals surface area (Å²) >= 11 is 6.46. The van der Waals surface area contributed by atoms with Crippen molar-refractivity contribution in [3.8, 4) is 5.75 Å². The summed E-state index contributed by atoms with van der Waals surface area (Å²) in [6, 6.07) is 22.2. The van der Waals surface area contributed by atoms with Crippen LogP contribution < -0.4 is 10.1 Å². The highest BCUT2D eigenvalue weighted by Crippen LogP contribution is 2.22. The fourth-order valence-corrected chi connectivity index (χ4v) is 4.18. The normalized spacial score (nSPS) is 12.5. The zero-order valence-electron chi connectivity index (χ0n) is 21.5. The van der Waals surface area contributed by atoms with E-state index in [2.05, 4.69) is 5.32 Å². The lowest BCUT2D eigenvalue weighted by molar-refractivity contribution is -0.143. The molecular formula is C30H35ClN2O3. The Kier molecular flexibility index (Phi) is 9.95. The number of aryl methyl sites for hydroxylation is 2. The van der Waals surface area contributed by atoms with Gasteiger partial charge >= 0.3 is 0 Å². The number of carbonyl (C=O) groups is 2. The van der Waals surface area contributed by atoms with Gasteiger partial charge in [-0.3, -0.25) is 9.59 Å². The average Bonchev–Trinajstić information content (AvgIpc) is 2.87. The van der Waals surface area contributed by atoms with Crippen molar-refractivity contribution in [2.45, 2.75) is 59.2 Å². The van der Waals surface area contributed by atoms with Gasteiger partial charge in [0.2, 0.25) is 5.91 Å². The third-order valence-corrected chi connectivity index (χ3v) is 6.62. The molecule has 3 aromatic carbocycles. The van der Waals surface area contributed by atoms with Gasteiger partial charge in [-0.25, -0.2) is 0 Å². The molecule has 0 aromatic heterocycles. The number of nitrogens with zero attached hydrogens (tertiary/aromatic N) is 1. The molecule has 3 aromatic rings. The highest BCUT2D eigenvalue weighted by Gasteiger charge is 2.31. The highest BCUT2D eigenvalue weighted by molar-refractivity contribution is 6.31. The number of amides is 2. The lowest BCUT2D eigenvalue weighted by atomic mass is 10.0. The van der Waals surface area contributed by atoms with E-state index in [0.29, 0.717) is 17.2 Å². The molecular weight excluding hydrogens is 472 g/mol. The molecule has 5 nitrogen and oxygen atoms in total. The Bertz CT molecular complexity index is 1170. The molecule has 36 heavy (non-hydrogen) atoms. The van der Waals surface area contributed by atoms with E-state index in [0.717, 1.165) is 28.7 Å². The molecule has 0 heterocycles. The Balaban J connectivity index is 1.93. The van der Waals surface area contributed by atoms with E-state index in [4.69, 9.17) is 16.3 Å². The Morgan fingerprint density at radius 3 is 2.36 bits per heavy atom. The molecule has 3 rings (SSSR count). The smallest absolute Gasteiger partial charge is 0.261 e. The molecule has 190 valence electrons. The van der Waals surface area contributed by atoms with Crippen LogP contribution >= 0.6 is 11.6 Å². The summed E-state index contributed by atoms with van der Waals surface area (Å²) in [6.07, 6.45) is 1.17. The maximum atomic E-state index is 13.7. The van der Waals surface area contributed by atoms with Crippen molar-refractivity contribution in [2.24, 2.45) is 0 Å². The van der Waals surface area contributed by atoms with Gasteiger partial charge in [0.1, 0.15) is 11.8 Å². The molecule has 2 atom stereocenters. The molecule has 2 amide bonds. The minimum atomic E-state index is -0.729. The van der Waals surface area contributed by atoms with Crippen LogP contribution in [0.3, 0.4) is 0 Å². The number of carbonyl (C=O) groups excluding carboxylic acids is 2. The van der Waals surface area contributed by atoms with Gasteiger partial charge in [0.05, 0.1) is 0 Å². The maximum Gasteiger partial charge on any atom is 0.261 e. The van der Waals surface area contributed by atoms with Crippen LogP contribution in [0.4, 0.5) is 0 Å². The van der Waals surface area contributed by atoms with E-state index >= 15 is 0 Å². The molecule has 1 N–H and O–H groups in total. The van der Waals surface area contributed by atoms with Gasteiger partial charge in [-0.1, -0.05) is 84.8 Å². The minimum Gasteiger partial charge on any atom is -0.483 e. The highest BCUT2D eigenvalue weighted by atomic mass is 35.5. The second-order valence-corrected chi connectivity index (χ2v) is 9.60. The van der Waals surface area contributed by atoms with Crippen LogP contribution in [0.5, 0.6) is 5.75 Å². The van der Waals surface area contributed by atoms with E-state index in [1.54, 1.807) is 11.0 Å². The molecule has 0 fully saturated rings. The Labute approximate surface area is 219 Å². The summed E-state index contributed by atoms with van der Waals surface area (Å²) in [5, 5.41) is 3.62.